The van der Waals surface area contributed by atoms with Crippen LogP contribution in [0.2, 0.25) is 0 Å². The number of hydrogen-bond acceptors (Lipinski definition) is 3. The quantitative estimate of drug-likeness (QED) is 0.878. The molecule has 1 aliphatic rings. The minimum atomic E-state index is 0.830. The maximum absolute atomic E-state index is 5.75. The Hall–Kier alpha value is -2.00. The molecule has 0 aromatic heterocycles. The molecule has 2 N–H and O–H groups in total. The monoisotopic (exact) mass is 281 g/mol. The summed E-state index contributed by atoms with van der Waals surface area (Å²) in [6.45, 7) is 7.56. The molecule has 2 aromatic rings. The normalized spacial score (nSPS) is 16.1. The van der Waals surface area contributed by atoms with Crippen LogP contribution in [0.25, 0.3) is 0 Å². The summed E-state index contributed by atoms with van der Waals surface area (Å²) >= 11 is 0. The molecule has 0 aliphatic carbocycles. The predicted octanol–water partition coefficient (Wildman–Crippen LogP) is 2.90. The molecule has 3 heteroatoms. The second kappa shape index (κ2) is 6.19. The van der Waals surface area contributed by atoms with E-state index in [1.165, 1.54) is 16.8 Å². The lowest BCUT2D eigenvalue weighted by Crippen LogP contribution is -2.45. The highest BCUT2D eigenvalue weighted by atomic mass is 15.3. The number of rotatable bonds is 3. The highest BCUT2D eigenvalue weighted by Crippen LogP contribution is 2.19. The number of nitrogens with two attached hydrogens (primary N) is 1. The van der Waals surface area contributed by atoms with Gasteiger partial charge < -0.3 is 10.6 Å². The average molecular weight is 281 g/mol. The number of aryl methyl sites for hydroxylation is 1. The van der Waals surface area contributed by atoms with E-state index in [1.807, 2.05) is 12.1 Å². The molecule has 21 heavy (non-hydrogen) atoms. The van der Waals surface area contributed by atoms with Crippen molar-refractivity contribution < 1.29 is 0 Å². The minimum absolute atomic E-state index is 0.830. The number of hydrogen-bond donors (Lipinski definition) is 1. The third-order valence-electron chi connectivity index (χ3n) is 4.16. The Morgan fingerprint density at radius 1 is 0.857 bits per heavy atom. The van der Waals surface area contributed by atoms with Crippen LogP contribution in [0.1, 0.15) is 11.1 Å². The van der Waals surface area contributed by atoms with Crippen molar-refractivity contribution in [1.29, 1.82) is 0 Å². The molecular weight excluding hydrogens is 258 g/mol. The Labute approximate surface area is 127 Å². The lowest BCUT2D eigenvalue weighted by Gasteiger charge is -2.36. The van der Waals surface area contributed by atoms with Gasteiger partial charge in [-0.05, 0) is 36.8 Å². The topological polar surface area (TPSA) is 32.5 Å². The molecule has 1 fully saturated rings. The van der Waals surface area contributed by atoms with Gasteiger partial charge in [0.2, 0.25) is 0 Å². The van der Waals surface area contributed by atoms with Crippen molar-refractivity contribution in [2.45, 2.75) is 13.5 Å². The Morgan fingerprint density at radius 2 is 1.48 bits per heavy atom. The number of benzene rings is 2. The molecule has 0 saturated carbocycles. The largest absolute Gasteiger partial charge is 0.399 e. The summed E-state index contributed by atoms with van der Waals surface area (Å²) in [5.74, 6) is 0. The summed E-state index contributed by atoms with van der Waals surface area (Å²) in [6, 6.07) is 17.1. The second-order valence-electron chi connectivity index (χ2n) is 5.84. The smallest absolute Gasteiger partial charge is 0.0368 e. The fourth-order valence-corrected chi connectivity index (χ4v) is 2.80. The van der Waals surface area contributed by atoms with E-state index in [0.29, 0.717) is 0 Å². The summed E-state index contributed by atoms with van der Waals surface area (Å²) < 4.78 is 0. The Kier molecular flexibility index (Phi) is 4.11. The van der Waals surface area contributed by atoms with Gasteiger partial charge in [0.15, 0.2) is 0 Å². The number of nitrogen functional groups attached to an aromatic ring is 1. The van der Waals surface area contributed by atoms with E-state index >= 15 is 0 Å². The molecule has 0 amide bonds. The fourth-order valence-electron chi connectivity index (χ4n) is 2.80. The first-order valence-electron chi connectivity index (χ1n) is 7.59. The van der Waals surface area contributed by atoms with Crippen molar-refractivity contribution in [3.05, 3.63) is 59.7 Å². The molecule has 1 heterocycles. The molecular formula is C18H23N3. The predicted molar refractivity (Wildman–Crippen MR) is 89.5 cm³/mol. The maximum Gasteiger partial charge on any atom is 0.0368 e. The molecule has 3 nitrogen and oxygen atoms in total. The highest BCUT2D eigenvalue weighted by molar-refractivity contribution is 5.53. The fraction of sp³-hybridized carbons (Fsp3) is 0.333. The van der Waals surface area contributed by atoms with Crippen molar-refractivity contribution in [3.8, 4) is 0 Å². The summed E-state index contributed by atoms with van der Waals surface area (Å²) in [5, 5.41) is 0. The van der Waals surface area contributed by atoms with Crippen molar-refractivity contribution in [1.82, 2.24) is 4.90 Å². The van der Waals surface area contributed by atoms with Crippen LogP contribution in [-0.2, 0) is 6.54 Å². The van der Waals surface area contributed by atoms with E-state index < -0.39 is 0 Å². The van der Waals surface area contributed by atoms with E-state index in [2.05, 4.69) is 53.1 Å². The zero-order valence-electron chi connectivity index (χ0n) is 12.6. The molecule has 0 unspecified atom stereocenters. The Bertz CT molecular complexity index is 566. The average Bonchev–Trinajstić information content (AvgIpc) is 2.51. The zero-order valence-corrected chi connectivity index (χ0v) is 12.6. The van der Waals surface area contributed by atoms with Gasteiger partial charge in [0.25, 0.3) is 0 Å². The van der Waals surface area contributed by atoms with Crippen LogP contribution in [0, 0.1) is 6.92 Å². The van der Waals surface area contributed by atoms with Gasteiger partial charge in [0, 0.05) is 44.1 Å². The van der Waals surface area contributed by atoms with Crippen LogP contribution in [-0.4, -0.2) is 31.1 Å². The van der Waals surface area contributed by atoms with Crippen LogP contribution in [0.4, 0.5) is 11.4 Å². The van der Waals surface area contributed by atoms with E-state index in [1.54, 1.807) is 0 Å². The molecule has 1 aliphatic heterocycles. The highest BCUT2D eigenvalue weighted by Gasteiger charge is 2.17. The van der Waals surface area contributed by atoms with Crippen LogP contribution >= 0.6 is 0 Å². The van der Waals surface area contributed by atoms with E-state index in [4.69, 9.17) is 5.73 Å². The first-order valence-corrected chi connectivity index (χ1v) is 7.59. The van der Waals surface area contributed by atoms with Crippen LogP contribution in [0.5, 0.6) is 0 Å². The first kappa shape index (κ1) is 14.0. The van der Waals surface area contributed by atoms with Crippen molar-refractivity contribution >= 4 is 11.4 Å². The lowest BCUT2D eigenvalue weighted by molar-refractivity contribution is 0.250. The molecule has 2 aromatic carbocycles. The number of anilines is 2. The van der Waals surface area contributed by atoms with Crippen molar-refractivity contribution in [2.24, 2.45) is 0 Å². The van der Waals surface area contributed by atoms with Crippen LogP contribution in [0.15, 0.2) is 48.5 Å². The van der Waals surface area contributed by atoms with Crippen molar-refractivity contribution in [3.63, 3.8) is 0 Å². The van der Waals surface area contributed by atoms with Gasteiger partial charge in [-0.25, -0.2) is 0 Å². The van der Waals surface area contributed by atoms with Gasteiger partial charge in [0.1, 0.15) is 0 Å². The van der Waals surface area contributed by atoms with Gasteiger partial charge >= 0.3 is 0 Å². The van der Waals surface area contributed by atoms with E-state index in [0.717, 1.165) is 38.4 Å². The minimum Gasteiger partial charge on any atom is -0.399 e. The summed E-state index contributed by atoms with van der Waals surface area (Å²) in [6.07, 6.45) is 0. The summed E-state index contributed by atoms with van der Waals surface area (Å²) in [7, 11) is 0. The molecule has 3 rings (SSSR count). The first-order chi connectivity index (χ1) is 10.2. The lowest BCUT2D eigenvalue weighted by atomic mass is 10.1. The van der Waals surface area contributed by atoms with Gasteiger partial charge in [-0.3, -0.25) is 4.90 Å². The van der Waals surface area contributed by atoms with Gasteiger partial charge in [-0.1, -0.05) is 29.8 Å². The maximum atomic E-state index is 5.75. The SMILES string of the molecule is Cc1ccc(CN2CCN(c3ccc(N)cc3)CC2)cc1. The third kappa shape index (κ3) is 3.56. The van der Waals surface area contributed by atoms with Crippen molar-refractivity contribution in [2.75, 3.05) is 36.8 Å². The number of nitrogens with zero attached hydrogens (tertiary/aromatic N) is 2. The van der Waals surface area contributed by atoms with Crippen LogP contribution in [0.3, 0.4) is 0 Å². The summed E-state index contributed by atoms with van der Waals surface area (Å²) in [4.78, 5) is 4.96. The number of piperazine rings is 1. The van der Waals surface area contributed by atoms with Gasteiger partial charge in [-0.2, -0.15) is 0 Å². The molecule has 0 atom stereocenters. The van der Waals surface area contributed by atoms with Crippen LogP contribution < -0.4 is 10.6 Å². The molecule has 0 radical (unpaired) electrons. The third-order valence-corrected chi connectivity index (χ3v) is 4.16. The molecule has 110 valence electrons. The van der Waals surface area contributed by atoms with E-state index in [-0.39, 0.29) is 0 Å². The molecule has 1 saturated heterocycles. The zero-order chi connectivity index (χ0) is 14.7. The Balaban J connectivity index is 1.55. The standard InChI is InChI=1S/C18H23N3/c1-15-2-4-16(5-3-15)14-20-10-12-21(13-11-20)18-8-6-17(19)7-9-18/h2-9H,10-14,19H2,1H3. The second-order valence-corrected chi connectivity index (χ2v) is 5.84. The molecule has 0 spiro atoms. The van der Waals surface area contributed by atoms with Gasteiger partial charge in [0.05, 0.1) is 0 Å². The molecule has 0 bridgehead atoms. The Morgan fingerprint density at radius 3 is 2.10 bits per heavy atom. The van der Waals surface area contributed by atoms with Gasteiger partial charge in [-0.15, -0.1) is 0 Å². The summed E-state index contributed by atoms with van der Waals surface area (Å²) in [5.41, 5.74) is 10.6. The van der Waals surface area contributed by atoms with E-state index in [9.17, 15) is 0 Å².